The molecular weight excluding hydrogens is 505 g/mol. The van der Waals surface area contributed by atoms with Crippen molar-refractivity contribution in [3.05, 3.63) is 35.9 Å². The maximum Gasteiger partial charge on any atom is 0.236 e. The van der Waals surface area contributed by atoms with Gasteiger partial charge in [0, 0.05) is 52.2 Å². The molecule has 0 bridgehead atoms. The van der Waals surface area contributed by atoms with Gasteiger partial charge in [0.2, 0.25) is 5.91 Å². The second kappa shape index (κ2) is 13.9. The smallest absolute Gasteiger partial charge is 0.236 e. The summed E-state index contributed by atoms with van der Waals surface area (Å²) in [6.45, 7) is 8.99. The van der Waals surface area contributed by atoms with Gasteiger partial charge in [0.1, 0.15) is 0 Å². The molecule has 31 heavy (non-hydrogen) atoms. The van der Waals surface area contributed by atoms with Gasteiger partial charge in [-0.2, -0.15) is 0 Å². The standard InChI is InChI=1S/C23H37N5O2.HI/c1-2-24-23(25-18-21(29)17-20-9-5-3-6-10-20)28-15-13-26(14-16-28)19-22(30)27-11-7-4-8-12-27;/h3,5-6,9-10,21,29H,2,4,7-8,11-19H2,1H3,(H,24,25);1H. The zero-order valence-corrected chi connectivity index (χ0v) is 21.0. The Hall–Kier alpha value is -1.39. The van der Waals surface area contributed by atoms with Crippen molar-refractivity contribution in [1.82, 2.24) is 20.0 Å². The molecule has 0 spiro atoms. The number of rotatable bonds is 7. The average Bonchev–Trinajstić information content (AvgIpc) is 2.78. The van der Waals surface area contributed by atoms with Crippen LogP contribution in [0.3, 0.4) is 0 Å². The number of aliphatic hydroxyl groups excluding tert-OH is 1. The third-order valence-electron chi connectivity index (χ3n) is 5.84. The molecule has 0 saturated carbocycles. The van der Waals surface area contributed by atoms with Gasteiger partial charge in [0.25, 0.3) is 0 Å². The predicted molar refractivity (Wildman–Crippen MR) is 136 cm³/mol. The van der Waals surface area contributed by atoms with E-state index in [1.807, 2.05) is 35.2 Å². The number of benzene rings is 1. The predicted octanol–water partition coefficient (Wildman–Crippen LogP) is 1.80. The largest absolute Gasteiger partial charge is 0.391 e. The number of aliphatic hydroxyl groups is 1. The Morgan fingerprint density at radius 1 is 1.03 bits per heavy atom. The molecule has 2 heterocycles. The van der Waals surface area contributed by atoms with Gasteiger partial charge in [-0.05, 0) is 31.7 Å². The van der Waals surface area contributed by atoms with Crippen LogP contribution < -0.4 is 5.32 Å². The number of hydrogen-bond acceptors (Lipinski definition) is 4. The van der Waals surface area contributed by atoms with Crippen molar-refractivity contribution in [2.45, 2.75) is 38.7 Å². The van der Waals surface area contributed by atoms with E-state index in [0.717, 1.165) is 70.2 Å². The average molecular weight is 543 g/mol. The number of halogens is 1. The Kier molecular flexibility index (Phi) is 11.6. The van der Waals surface area contributed by atoms with Crippen molar-refractivity contribution in [1.29, 1.82) is 0 Å². The molecule has 1 amide bonds. The molecule has 2 aliphatic rings. The number of piperidine rings is 1. The first-order valence-corrected chi connectivity index (χ1v) is 11.4. The Morgan fingerprint density at radius 3 is 2.35 bits per heavy atom. The number of guanidine groups is 1. The van der Waals surface area contributed by atoms with Gasteiger partial charge >= 0.3 is 0 Å². The molecule has 1 unspecified atom stereocenters. The lowest BCUT2D eigenvalue weighted by Gasteiger charge is -2.37. The monoisotopic (exact) mass is 543 g/mol. The van der Waals surface area contributed by atoms with E-state index in [4.69, 9.17) is 0 Å². The molecule has 2 aliphatic heterocycles. The fourth-order valence-corrected chi connectivity index (χ4v) is 4.12. The molecule has 2 N–H and O–H groups in total. The number of nitrogens with one attached hydrogen (secondary N) is 1. The highest BCUT2D eigenvalue weighted by Crippen LogP contribution is 2.10. The lowest BCUT2D eigenvalue weighted by molar-refractivity contribution is -0.133. The van der Waals surface area contributed by atoms with E-state index in [1.165, 1.54) is 6.42 Å². The number of carbonyl (C=O) groups is 1. The summed E-state index contributed by atoms with van der Waals surface area (Å²) in [6, 6.07) is 10.0. The van der Waals surface area contributed by atoms with E-state index in [9.17, 15) is 9.90 Å². The van der Waals surface area contributed by atoms with Crippen LogP contribution in [-0.2, 0) is 11.2 Å². The second-order valence-corrected chi connectivity index (χ2v) is 8.24. The van der Waals surface area contributed by atoms with Crippen LogP contribution in [0.25, 0.3) is 0 Å². The highest BCUT2D eigenvalue weighted by atomic mass is 127. The minimum absolute atomic E-state index is 0. The summed E-state index contributed by atoms with van der Waals surface area (Å²) in [4.78, 5) is 23.7. The van der Waals surface area contributed by atoms with Gasteiger partial charge in [-0.15, -0.1) is 24.0 Å². The normalized spacial score (nSPS) is 19.0. The fraction of sp³-hybridized carbons (Fsp3) is 0.652. The van der Waals surface area contributed by atoms with Gasteiger partial charge in [-0.25, -0.2) is 0 Å². The summed E-state index contributed by atoms with van der Waals surface area (Å²) >= 11 is 0. The van der Waals surface area contributed by atoms with Crippen LogP contribution in [0.2, 0.25) is 0 Å². The number of amides is 1. The maximum absolute atomic E-state index is 12.5. The van der Waals surface area contributed by atoms with E-state index in [0.29, 0.717) is 19.5 Å². The van der Waals surface area contributed by atoms with Gasteiger partial charge in [0.15, 0.2) is 5.96 Å². The molecule has 1 aromatic rings. The zero-order chi connectivity index (χ0) is 21.2. The zero-order valence-electron chi connectivity index (χ0n) is 18.7. The van der Waals surface area contributed by atoms with Gasteiger partial charge in [0.05, 0.1) is 19.2 Å². The molecule has 0 aliphatic carbocycles. The van der Waals surface area contributed by atoms with E-state index < -0.39 is 6.10 Å². The lowest BCUT2D eigenvalue weighted by atomic mass is 10.1. The Morgan fingerprint density at radius 2 is 1.71 bits per heavy atom. The molecule has 0 aromatic heterocycles. The van der Waals surface area contributed by atoms with Gasteiger partial charge < -0.3 is 20.2 Å². The van der Waals surface area contributed by atoms with Gasteiger partial charge in [-0.3, -0.25) is 14.7 Å². The first kappa shape index (κ1) is 25.9. The van der Waals surface area contributed by atoms with Crippen LogP contribution in [0.5, 0.6) is 0 Å². The van der Waals surface area contributed by atoms with Crippen LogP contribution in [0.15, 0.2) is 35.3 Å². The van der Waals surface area contributed by atoms with Crippen molar-refractivity contribution in [3.63, 3.8) is 0 Å². The summed E-state index contributed by atoms with van der Waals surface area (Å²) in [6.07, 6.45) is 3.63. The summed E-state index contributed by atoms with van der Waals surface area (Å²) in [5.74, 6) is 1.12. The number of nitrogens with zero attached hydrogens (tertiary/aromatic N) is 4. The highest BCUT2D eigenvalue weighted by Gasteiger charge is 2.24. The maximum atomic E-state index is 12.5. The number of hydrogen-bond donors (Lipinski definition) is 2. The molecule has 3 rings (SSSR count). The van der Waals surface area contributed by atoms with Crippen LogP contribution in [-0.4, -0.2) is 96.7 Å². The van der Waals surface area contributed by atoms with Crippen LogP contribution in [0, 0.1) is 0 Å². The van der Waals surface area contributed by atoms with E-state index in [1.54, 1.807) is 0 Å². The molecule has 8 heteroatoms. The van der Waals surface area contributed by atoms with Crippen molar-refractivity contribution in [2.75, 3.05) is 58.9 Å². The number of aliphatic imine (C=N–C) groups is 1. The van der Waals surface area contributed by atoms with Crippen molar-refractivity contribution in [2.24, 2.45) is 4.99 Å². The number of likely N-dealkylation sites (tertiary alicyclic amines) is 1. The summed E-state index contributed by atoms with van der Waals surface area (Å²) in [5.41, 5.74) is 1.12. The third kappa shape index (κ3) is 8.57. The minimum atomic E-state index is -0.496. The van der Waals surface area contributed by atoms with Crippen LogP contribution in [0.1, 0.15) is 31.7 Å². The molecule has 2 saturated heterocycles. The number of piperazine rings is 1. The second-order valence-electron chi connectivity index (χ2n) is 8.24. The molecule has 1 aromatic carbocycles. The summed E-state index contributed by atoms with van der Waals surface area (Å²) < 4.78 is 0. The SMILES string of the molecule is CCNC(=NCC(O)Cc1ccccc1)N1CCN(CC(=O)N2CCCCC2)CC1.I. The van der Waals surface area contributed by atoms with Crippen LogP contribution in [0.4, 0.5) is 0 Å². The first-order valence-electron chi connectivity index (χ1n) is 11.4. The quantitative estimate of drug-likeness (QED) is 0.312. The minimum Gasteiger partial charge on any atom is -0.391 e. The molecule has 7 nitrogen and oxygen atoms in total. The topological polar surface area (TPSA) is 71.4 Å². The molecule has 2 fully saturated rings. The third-order valence-corrected chi connectivity index (χ3v) is 5.84. The summed E-state index contributed by atoms with van der Waals surface area (Å²) in [5, 5.41) is 13.7. The highest BCUT2D eigenvalue weighted by molar-refractivity contribution is 14.0. The van der Waals surface area contributed by atoms with E-state index >= 15 is 0 Å². The molecule has 174 valence electrons. The van der Waals surface area contributed by atoms with Crippen LogP contribution >= 0.6 is 24.0 Å². The van der Waals surface area contributed by atoms with E-state index in [2.05, 4.69) is 27.0 Å². The Balaban J connectivity index is 0.00000341. The first-order chi connectivity index (χ1) is 14.7. The lowest BCUT2D eigenvalue weighted by Crippen LogP contribution is -2.54. The Labute approximate surface area is 203 Å². The van der Waals surface area contributed by atoms with Crippen molar-refractivity contribution >= 4 is 35.8 Å². The van der Waals surface area contributed by atoms with Gasteiger partial charge in [-0.1, -0.05) is 30.3 Å². The van der Waals surface area contributed by atoms with Crippen molar-refractivity contribution < 1.29 is 9.90 Å². The number of carbonyl (C=O) groups excluding carboxylic acids is 1. The Bertz CT molecular complexity index is 674. The fourth-order valence-electron chi connectivity index (χ4n) is 4.12. The summed E-state index contributed by atoms with van der Waals surface area (Å²) in [7, 11) is 0. The van der Waals surface area contributed by atoms with E-state index in [-0.39, 0.29) is 29.9 Å². The van der Waals surface area contributed by atoms with Crippen molar-refractivity contribution in [3.8, 4) is 0 Å². The molecule has 1 atom stereocenters. The molecular formula is C23H38IN5O2. The molecule has 0 radical (unpaired) electrons.